The highest BCUT2D eigenvalue weighted by molar-refractivity contribution is 5.03. The van der Waals surface area contributed by atoms with Crippen LogP contribution in [0.2, 0.25) is 0 Å². The summed E-state index contributed by atoms with van der Waals surface area (Å²) in [6.07, 6.45) is 3.88. The zero-order valence-electron chi connectivity index (χ0n) is 6.16. The average Bonchev–Trinajstić information content (AvgIpc) is 1.95. The zero-order chi connectivity index (χ0) is 7.56. The summed E-state index contributed by atoms with van der Waals surface area (Å²) in [6, 6.07) is 0. The molecule has 0 aliphatic rings. The molecule has 3 nitrogen and oxygen atoms in total. The molecule has 1 heterocycles. The third-order valence-corrected chi connectivity index (χ3v) is 1.45. The maximum absolute atomic E-state index is 11.1. The highest BCUT2D eigenvalue weighted by atomic mass is 16.1. The lowest BCUT2D eigenvalue weighted by molar-refractivity contribution is 0.798. The van der Waals surface area contributed by atoms with Crippen LogP contribution in [0.3, 0.4) is 0 Å². The van der Waals surface area contributed by atoms with Gasteiger partial charge in [0.25, 0.3) is 5.56 Å². The Balaban J connectivity index is 3.28. The molecule has 54 valence electrons. The standard InChI is InChI=1S/C7H10N2O/c1-3-6-4-8-5-9(2)7(6)10/h4-5H,3H2,1-2H3. The molecule has 1 aromatic rings. The van der Waals surface area contributed by atoms with Gasteiger partial charge in [0, 0.05) is 18.8 Å². The van der Waals surface area contributed by atoms with E-state index in [1.54, 1.807) is 13.2 Å². The fourth-order valence-electron chi connectivity index (χ4n) is 0.800. The van der Waals surface area contributed by atoms with Crippen molar-refractivity contribution in [3.05, 3.63) is 28.4 Å². The predicted octanol–water partition coefficient (Wildman–Crippen LogP) is 0.343. The highest BCUT2D eigenvalue weighted by Crippen LogP contribution is 1.86. The van der Waals surface area contributed by atoms with E-state index in [4.69, 9.17) is 0 Å². The Morgan fingerprint density at radius 2 is 2.40 bits per heavy atom. The van der Waals surface area contributed by atoms with Gasteiger partial charge in [-0.1, -0.05) is 6.92 Å². The van der Waals surface area contributed by atoms with Crippen molar-refractivity contribution in [3.63, 3.8) is 0 Å². The van der Waals surface area contributed by atoms with Gasteiger partial charge in [-0.25, -0.2) is 4.98 Å². The van der Waals surface area contributed by atoms with Crippen molar-refractivity contribution in [1.29, 1.82) is 0 Å². The van der Waals surface area contributed by atoms with Gasteiger partial charge in [0.1, 0.15) is 0 Å². The first-order valence-electron chi connectivity index (χ1n) is 3.25. The van der Waals surface area contributed by atoms with Crippen LogP contribution < -0.4 is 5.56 Å². The Labute approximate surface area is 59.3 Å². The molecule has 0 saturated carbocycles. The topological polar surface area (TPSA) is 34.9 Å². The number of hydrogen-bond acceptors (Lipinski definition) is 2. The first-order valence-corrected chi connectivity index (χ1v) is 3.25. The van der Waals surface area contributed by atoms with Crippen LogP contribution in [0, 0.1) is 0 Å². The molecule has 0 spiro atoms. The van der Waals surface area contributed by atoms with E-state index in [9.17, 15) is 4.79 Å². The summed E-state index contributed by atoms with van der Waals surface area (Å²) in [6.45, 7) is 1.94. The Hall–Kier alpha value is -1.12. The van der Waals surface area contributed by atoms with E-state index in [1.807, 2.05) is 6.92 Å². The SMILES string of the molecule is CCc1cncn(C)c1=O. The highest BCUT2D eigenvalue weighted by Gasteiger charge is 1.95. The lowest BCUT2D eigenvalue weighted by Gasteiger charge is -1.96. The molecule has 0 aliphatic heterocycles. The third-order valence-electron chi connectivity index (χ3n) is 1.45. The minimum atomic E-state index is 0.0532. The molecule has 3 heteroatoms. The fourth-order valence-corrected chi connectivity index (χ4v) is 0.800. The molecule has 0 N–H and O–H groups in total. The van der Waals surface area contributed by atoms with Crippen LogP contribution in [0.5, 0.6) is 0 Å². The molecule has 0 radical (unpaired) electrons. The molecule has 0 unspecified atom stereocenters. The quantitative estimate of drug-likeness (QED) is 0.561. The lowest BCUT2D eigenvalue weighted by Crippen LogP contribution is -2.20. The summed E-state index contributed by atoms with van der Waals surface area (Å²) < 4.78 is 1.48. The molecule has 1 aromatic heterocycles. The van der Waals surface area contributed by atoms with Gasteiger partial charge in [-0.2, -0.15) is 0 Å². The van der Waals surface area contributed by atoms with E-state index in [0.29, 0.717) is 0 Å². The third kappa shape index (κ3) is 1.07. The maximum Gasteiger partial charge on any atom is 0.256 e. The van der Waals surface area contributed by atoms with Crippen molar-refractivity contribution in [3.8, 4) is 0 Å². The first-order chi connectivity index (χ1) is 4.75. The van der Waals surface area contributed by atoms with Crippen LogP contribution in [-0.2, 0) is 13.5 Å². The summed E-state index contributed by atoms with van der Waals surface area (Å²) >= 11 is 0. The second-order valence-corrected chi connectivity index (χ2v) is 2.19. The number of aromatic nitrogens is 2. The van der Waals surface area contributed by atoms with Gasteiger partial charge in [0.05, 0.1) is 6.33 Å². The zero-order valence-corrected chi connectivity index (χ0v) is 6.16. The largest absolute Gasteiger partial charge is 0.302 e. The monoisotopic (exact) mass is 138 g/mol. The van der Waals surface area contributed by atoms with Gasteiger partial charge >= 0.3 is 0 Å². The summed E-state index contributed by atoms with van der Waals surface area (Å²) in [5.41, 5.74) is 0.822. The minimum Gasteiger partial charge on any atom is -0.302 e. The van der Waals surface area contributed by atoms with E-state index >= 15 is 0 Å². The van der Waals surface area contributed by atoms with Crippen LogP contribution in [0.25, 0.3) is 0 Å². The molecule has 1 rings (SSSR count). The smallest absolute Gasteiger partial charge is 0.256 e. The molecular weight excluding hydrogens is 128 g/mol. The Morgan fingerprint density at radius 3 is 2.90 bits per heavy atom. The minimum absolute atomic E-state index is 0.0532. The fraction of sp³-hybridized carbons (Fsp3) is 0.429. The van der Waals surface area contributed by atoms with Gasteiger partial charge in [0.2, 0.25) is 0 Å². The first kappa shape index (κ1) is 6.99. The van der Waals surface area contributed by atoms with E-state index < -0.39 is 0 Å². The number of hydrogen-bond donors (Lipinski definition) is 0. The summed E-state index contributed by atoms with van der Waals surface area (Å²) in [5.74, 6) is 0. The average molecular weight is 138 g/mol. The van der Waals surface area contributed by atoms with Crippen LogP contribution in [-0.4, -0.2) is 9.55 Å². The van der Waals surface area contributed by atoms with Gasteiger partial charge in [0.15, 0.2) is 0 Å². The summed E-state index contributed by atoms with van der Waals surface area (Å²) in [5, 5.41) is 0. The molecule has 10 heavy (non-hydrogen) atoms. The summed E-state index contributed by atoms with van der Waals surface area (Å²) in [7, 11) is 1.70. The van der Waals surface area contributed by atoms with Gasteiger partial charge in [-0.3, -0.25) is 4.79 Å². The van der Waals surface area contributed by atoms with E-state index in [-0.39, 0.29) is 5.56 Å². The second-order valence-electron chi connectivity index (χ2n) is 2.19. The van der Waals surface area contributed by atoms with Gasteiger partial charge < -0.3 is 4.57 Å². The normalized spacial score (nSPS) is 9.80. The van der Waals surface area contributed by atoms with Crippen molar-refractivity contribution in [2.45, 2.75) is 13.3 Å². The molecule has 0 saturated heterocycles. The van der Waals surface area contributed by atoms with Gasteiger partial charge in [-0.15, -0.1) is 0 Å². The van der Waals surface area contributed by atoms with Crippen LogP contribution in [0.15, 0.2) is 17.3 Å². The summed E-state index contributed by atoms with van der Waals surface area (Å²) in [4.78, 5) is 15.0. The molecule has 0 amide bonds. The molecular formula is C7H10N2O. The van der Waals surface area contributed by atoms with Crippen molar-refractivity contribution < 1.29 is 0 Å². The number of rotatable bonds is 1. The number of nitrogens with zero attached hydrogens (tertiary/aromatic N) is 2. The van der Waals surface area contributed by atoms with Crippen LogP contribution in [0.1, 0.15) is 12.5 Å². The molecule has 0 atom stereocenters. The van der Waals surface area contributed by atoms with Crippen molar-refractivity contribution in [1.82, 2.24) is 9.55 Å². The molecule has 0 aliphatic carbocycles. The van der Waals surface area contributed by atoms with Crippen molar-refractivity contribution >= 4 is 0 Å². The second kappa shape index (κ2) is 2.64. The molecule has 0 aromatic carbocycles. The van der Waals surface area contributed by atoms with Crippen molar-refractivity contribution in [2.24, 2.45) is 7.05 Å². The Bertz CT molecular complexity index is 277. The van der Waals surface area contributed by atoms with Crippen LogP contribution >= 0.6 is 0 Å². The molecule has 0 fully saturated rings. The Kier molecular flexibility index (Phi) is 1.85. The maximum atomic E-state index is 11.1. The molecule has 0 bridgehead atoms. The lowest BCUT2D eigenvalue weighted by atomic mass is 10.3. The van der Waals surface area contributed by atoms with Gasteiger partial charge in [-0.05, 0) is 6.42 Å². The van der Waals surface area contributed by atoms with E-state index in [0.717, 1.165) is 12.0 Å². The van der Waals surface area contributed by atoms with E-state index in [2.05, 4.69) is 4.98 Å². The number of aryl methyl sites for hydroxylation is 2. The van der Waals surface area contributed by atoms with E-state index in [1.165, 1.54) is 10.9 Å². The Morgan fingerprint density at radius 1 is 1.70 bits per heavy atom. The van der Waals surface area contributed by atoms with Crippen LogP contribution in [0.4, 0.5) is 0 Å². The van der Waals surface area contributed by atoms with Crippen molar-refractivity contribution in [2.75, 3.05) is 0 Å². The predicted molar refractivity (Wildman–Crippen MR) is 38.9 cm³/mol.